The first-order valence-corrected chi connectivity index (χ1v) is 8.81. The lowest BCUT2D eigenvalue weighted by atomic mass is 9.96. The molecule has 1 aliphatic rings. The predicted octanol–water partition coefficient (Wildman–Crippen LogP) is 4.45. The SMILES string of the molecule is COCO[C@@H](c1ccccc1Cl)[C@H](C)OC(=O)NC1CCCCC1. The molecule has 0 radical (unpaired) electrons. The summed E-state index contributed by atoms with van der Waals surface area (Å²) in [5.74, 6) is 0. The van der Waals surface area contributed by atoms with Crippen molar-refractivity contribution in [1.29, 1.82) is 0 Å². The quantitative estimate of drug-likeness (QED) is 0.734. The van der Waals surface area contributed by atoms with Gasteiger partial charge in [0.25, 0.3) is 0 Å². The number of carbonyl (C=O) groups is 1. The molecule has 0 bridgehead atoms. The zero-order valence-electron chi connectivity index (χ0n) is 14.3. The number of carbonyl (C=O) groups excluding carboxylic acids is 1. The van der Waals surface area contributed by atoms with Crippen molar-refractivity contribution in [2.45, 2.75) is 57.3 Å². The van der Waals surface area contributed by atoms with Gasteiger partial charge in [0, 0.05) is 23.7 Å². The van der Waals surface area contributed by atoms with E-state index in [1.165, 1.54) is 6.42 Å². The fourth-order valence-corrected chi connectivity index (χ4v) is 3.25. The van der Waals surface area contributed by atoms with E-state index in [4.69, 9.17) is 25.8 Å². The number of ether oxygens (including phenoxy) is 3. The molecule has 0 aromatic heterocycles. The maximum absolute atomic E-state index is 12.2. The minimum Gasteiger partial charge on any atom is -0.443 e. The van der Waals surface area contributed by atoms with E-state index < -0.39 is 18.3 Å². The lowest BCUT2D eigenvalue weighted by molar-refractivity contribution is -0.112. The first-order valence-electron chi connectivity index (χ1n) is 8.44. The highest BCUT2D eigenvalue weighted by Gasteiger charge is 2.26. The van der Waals surface area contributed by atoms with Crippen LogP contribution in [0, 0.1) is 0 Å². The van der Waals surface area contributed by atoms with E-state index in [1.807, 2.05) is 18.2 Å². The van der Waals surface area contributed by atoms with Crippen LogP contribution in [-0.2, 0) is 14.2 Å². The molecule has 24 heavy (non-hydrogen) atoms. The number of hydrogen-bond donors (Lipinski definition) is 1. The second-order valence-electron chi connectivity index (χ2n) is 6.11. The van der Waals surface area contributed by atoms with E-state index in [1.54, 1.807) is 20.1 Å². The molecule has 1 N–H and O–H groups in total. The monoisotopic (exact) mass is 355 g/mol. The second-order valence-corrected chi connectivity index (χ2v) is 6.51. The van der Waals surface area contributed by atoms with Gasteiger partial charge in [0.1, 0.15) is 19.0 Å². The van der Waals surface area contributed by atoms with E-state index >= 15 is 0 Å². The van der Waals surface area contributed by atoms with Crippen molar-refractivity contribution < 1.29 is 19.0 Å². The van der Waals surface area contributed by atoms with Crippen LogP contribution in [0.15, 0.2) is 24.3 Å². The smallest absolute Gasteiger partial charge is 0.407 e. The lowest BCUT2D eigenvalue weighted by Crippen LogP contribution is -2.39. The van der Waals surface area contributed by atoms with Crippen LogP contribution in [0.1, 0.15) is 50.7 Å². The molecule has 1 aromatic rings. The molecule has 134 valence electrons. The van der Waals surface area contributed by atoms with Crippen LogP contribution in [0.2, 0.25) is 5.02 Å². The number of amides is 1. The minimum atomic E-state index is -0.497. The molecular formula is C18H26ClNO4. The Morgan fingerprint density at radius 1 is 1.29 bits per heavy atom. The Kier molecular flexibility index (Phi) is 7.82. The van der Waals surface area contributed by atoms with Crippen LogP contribution in [0.5, 0.6) is 0 Å². The van der Waals surface area contributed by atoms with Crippen LogP contribution >= 0.6 is 11.6 Å². The molecule has 1 aromatic carbocycles. The molecule has 1 aliphatic carbocycles. The Bertz CT molecular complexity index is 519. The molecule has 1 saturated carbocycles. The Morgan fingerprint density at radius 3 is 2.67 bits per heavy atom. The first-order chi connectivity index (χ1) is 11.6. The van der Waals surface area contributed by atoms with Gasteiger partial charge in [0.2, 0.25) is 0 Å². The van der Waals surface area contributed by atoms with E-state index in [0.29, 0.717) is 5.02 Å². The number of alkyl carbamates (subject to hydrolysis) is 1. The first kappa shape index (κ1) is 19.0. The predicted molar refractivity (Wildman–Crippen MR) is 93.1 cm³/mol. The van der Waals surface area contributed by atoms with Gasteiger partial charge in [-0.3, -0.25) is 0 Å². The standard InChI is InChI=1S/C18H26ClNO4/c1-13(24-18(21)20-14-8-4-3-5-9-14)17(23-12-22-2)15-10-6-7-11-16(15)19/h6-7,10-11,13-14,17H,3-5,8-9,12H2,1-2H3,(H,20,21)/t13-,17+/m0/s1. The normalized spacial score (nSPS) is 18.0. The van der Waals surface area contributed by atoms with E-state index in [2.05, 4.69) is 5.32 Å². The Hall–Kier alpha value is -1.30. The average Bonchev–Trinajstić information content (AvgIpc) is 2.57. The number of halogens is 1. The molecule has 0 spiro atoms. The summed E-state index contributed by atoms with van der Waals surface area (Å²) in [4.78, 5) is 12.2. The molecule has 0 unspecified atom stereocenters. The molecule has 0 saturated heterocycles. The number of hydrogen-bond acceptors (Lipinski definition) is 4. The number of nitrogens with one attached hydrogen (secondary N) is 1. The lowest BCUT2D eigenvalue weighted by Gasteiger charge is -2.27. The van der Waals surface area contributed by atoms with Crippen LogP contribution < -0.4 is 5.32 Å². The average molecular weight is 356 g/mol. The van der Waals surface area contributed by atoms with Crippen molar-refractivity contribution in [3.63, 3.8) is 0 Å². The molecule has 1 amide bonds. The van der Waals surface area contributed by atoms with Crippen LogP contribution in [0.3, 0.4) is 0 Å². The molecule has 5 nitrogen and oxygen atoms in total. The van der Waals surface area contributed by atoms with Gasteiger partial charge in [0.05, 0.1) is 0 Å². The highest BCUT2D eigenvalue weighted by Crippen LogP contribution is 2.29. The van der Waals surface area contributed by atoms with E-state index in [-0.39, 0.29) is 12.8 Å². The van der Waals surface area contributed by atoms with Crippen LogP contribution in [-0.4, -0.2) is 32.1 Å². The van der Waals surface area contributed by atoms with Gasteiger partial charge >= 0.3 is 6.09 Å². The zero-order chi connectivity index (χ0) is 17.4. The highest BCUT2D eigenvalue weighted by atomic mass is 35.5. The molecule has 0 aliphatic heterocycles. The number of rotatable bonds is 7. The summed E-state index contributed by atoms with van der Waals surface area (Å²) >= 11 is 6.26. The fourth-order valence-electron chi connectivity index (χ4n) is 3.00. The molecule has 6 heteroatoms. The third-order valence-electron chi connectivity index (χ3n) is 4.22. The Balaban J connectivity index is 1.97. The summed E-state index contributed by atoms with van der Waals surface area (Å²) in [6.07, 6.45) is 4.17. The molecule has 2 atom stereocenters. The maximum atomic E-state index is 12.2. The topological polar surface area (TPSA) is 56.8 Å². The third-order valence-corrected chi connectivity index (χ3v) is 4.57. The summed E-state index contributed by atoms with van der Waals surface area (Å²) in [7, 11) is 1.55. The van der Waals surface area contributed by atoms with Crippen molar-refractivity contribution in [3.05, 3.63) is 34.9 Å². The largest absolute Gasteiger partial charge is 0.443 e. The van der Waals surface area contributed by atoms with Gasteiger partial charge < -0.3 is 19.5 Å². The van der Waals surface area contributed by atoms with Gasteiger partial charge in [-0.15, -0.1) is 0 Å². The number of methoxy groups -OCH3 is 1. The molecule has 1 fully saturated rings. The zero-order valence-corrected chi connectivity index (χ0v) is 15.1. The van der Waals surface area contributed by atoms with Crippen LogP contribution in [0.4, 0.5) is 4.79 Å². The third kappa shape index (κ3) is 5.65. The molecule has 0 heterocycles. The number of benzene rings is 1. The van der Waals surface area contributed by atoms with Crippen molar-refractivity contribution in [2.75, 3.05) is 13.9 Å². The van der Waals surface area contributed by atoms with Gasteiger partial charge in [-0.1, -0.05) is 49.1 Å². The van der Waals surface area contributed by atoms with Crippen molar-refractivity contribution in [3.8, 4) is 0 Å². The fraction of sp³-hybridized carbons (Fsp3) is 0.611. The van der Waals surface area contributed by atoms with Crippen LogP contribution in [0.25, 0.3) is 0 Å². The summed E-state index contributed by atoms with van der Waals surface area (Å²) in [5, 5.41) is 3.52. The summed E-state index contributed by atoms with van der Waals surface area (Å²) in [6.45, 7) is 1.89. The van der Waals surface area contributed by atoms with Gasteiger partial charge in [0.15, 0.2) is 0 Å². The van der Waals surface area contributed by atoms with Gasteiger partial charge in [-0.2, -0.15) is 0 Å². The van der Waals surface area contributed by atoms with Crippen molar-refractivity contribution >= 4 is 17.7 Å². The Morgan fingerprint density at radius 2 is 2.00 bits per heavy atom. The maximum Gasteiger partial charge on any atom is 0.407 e. The highest BCUT2D eigenvalue weighted by molar-refractivity contribution is 6.31. The molecular weight excluding hydrogens is 330 g/mol. The summed E-state index contributed by atoms with van der Waals surface area (Å²) in [5.41, 5.74) is 0.772. The van der Waals surface area contributed by atoms with E-state index in [9.17, 15) is 4.79 Å². The van der Waals surface area contributed by atoms with Crippen molar-refractivity contribution in [1.82, 2.24) is 5.32 Å². The van der Waals surface area contributed by atoms with Crippen molar-refractivity contribution in [2.24, 2.45) is 0 Å². The molecule has 2 rings (SSSR count). The minimum absolute atomic E-state index is 0.0911. The Labute approximate surface area is 148 Å². The van der Waals surface area contributed by atoms with Gasteiger partial charge in [-0.05, 0) is 25.8 Å². The second kappa shape index (κ2) is 9.87. The van der Waals surface area contributed by atoms with E-state index in [0.717, 1.165) is 31.2 Å². The summed E-state index contributed by atoms with van der Waals surface area (Å²) < 4.78 is 16.2. The van der Waals surface area contributed by atoms with Gasteiger partial charge in [-0.25, -0.2) is 4.79 Å². The summed E-state index contributed by atoms with van der Waals surface area (Å²) in [6, 6.07) is 7.58.